The van der Waals surface area contributed by atoms with Gasteiger partial charge in [0.25, 0.3) is 5.91 Å². The van der Waals surface area contributed by atoms with Gasteiger partial charge in [-0.15, -0.1) is 0 Å². The smallest absolute Gasteiger partial charge is 0.251 e. The standard InChI is InChI=1S/C25H21ClN4O/c1-17-9-11-18(12-10-17)21-15-28-25(29-16-21)30-22-7-4-6-19(13-22)24(31)27-14-20-5-2-3-8-23(20)26/h2-13,15-16H,14H2,1H3,(H,27,31)(H,28,29,30). The van der Waals surface area contributed by atoms with E-state index < -0.39 is 0 Å². The zero-order chi connectivity index (χ0) is 21.6. The molecule has 0 saturated carbocycles. The number of anilines is 2. The van der Waals surface area contributed by atoms with Gasteiger partial charge in [0, 0.05) is 40.8 Å². The molecule has 1 amide bonds. The SMILES string of the molecule is Cc1ccc(-c2cnc(Nc3cccc(C(=O)NCc4ccccc4Cl)c3)nc2)cc1. The maximum Gasteiger partial charge on any atom is 0.251 e. The van der Waals surface area contributed by atoms with Crippen LogP contribution in [0.5, 0.6) is 0 Å². The first-order valence-electron chi connectivity index (χ1n) is 9.86. The van der Waals surface area contributed by atoms with Gasteiger partial charge in [0.1, 0.15) is 0 Å². The highest BCUT2D eigenvalue weighted by atomic mass is 35.5. The number of halogens is 1. The van der Waals surface area contributed by atoms with Gasteiger partial charge in [-0.05, 0) is 42.3 Å². The van der Waals surface area contributed by atoms with Crippen LogP contribution >= 0.6 is 11.6 Å². The molecule has 154 valence electrons. The van der Waals surface area contributed by atoms with Crippen molar-refractivity contribution in [1.29, 1.82) is 0 Å². The second-order valence-corrected chi connectivity index (χ2v) is 7.55. The number of carbonyl (C=O) groups excluding carboxylic acids is 1. The molecular weight excluding hydrogens is 408 g/mol. The Morgan fingerprint density at radius 1 is 0.903 bits per heavy atom. The zero-order valence-electron chi connectivity index (χ0n) is 17.0. The lowest BCUT2D eigenvalue weighted by molar-refractivity contribution is 0.0951. The highest BCUT2D eigenvalue weighted by Gasteiger charge is 2.08. The third kappa shape index (κ3) is 5.27. The van der Waals surface area contributed by atoms with Crippen LogP contribution in [-0.4, -0.2) is 15.9 Å². The lowest BCUT2D eigenvalue weighted by Crippen LogP contribution is -2.23. The Kier molecular flexibility index (Phi) is 6.24. The maximum absolute atomic E-state index is 12.5. The van der Waals surface area contributed by atoms with Crippen molar-refractivity contribution in [2.24, 2.45) is 0 Å². The van der Waals surface area contributed by atoms with Crippen molar-refractivity contribution in [2.45, 2.75) is 13.5 Å². The second kappa shape index (κ2) is 9.41. The van der Waals surface area contributed by atoms with Crippen LogP contribution in [0.25, 0.3) is 11.1 Å². The minimum Gasteiger partial charge on any atom is -0.348 e. The molecule has 0 aliphatic heterocycles. The van der Waals surface area contributed by atoms with Crippen LogP contribution in [0, 0.1) is 6.92 Å². The molecule has 0 saturated heterocycles. The van der Waals surface area contributed by atoms with Crippen LogP contribution in [-0.2, 0) is 6.54 Å². The summed E-state index contributed by atoms with van der Waals surface area (Å²) >= 11 is 6.15. The van der Waals surface area contributed by atoms with Crippen molar-refractivity contribution in [3.05, 3.63) is 107 Å². The van der Waals surface area contributed by atoms with E-state index in [1.54, 1.807) is 30.6 Å². The Balaban J connectivity index is 1.41. The van der Waals surface area contributed by atoms with E-state index in [9.17, 15) is 4.79 Å². The molecule has 3 aromatic carbocycles. The van der Waals surface area contributed by atoms with Gasteiger partial charge >= 0.3 is 0 Å². The average molecular weight is 429 g/mol. The fourth-order valence-corrected chi connectivity index (χ4v) is 3.28. The third-order valence-corrected chi connectivity index (χ3v) is 5.18. The number of nitrogens with zero attached hydrogens (tertiary/aromatic N) is 2. The van der Waals surface area contributed by atoms with Gasteiger partial charge in [-0.3, -0.25) is 4.79 Å². The number of hydrogen-bond donors (Lipinski definition) is 2. The molecule has 4 rings (SSSR count). The summed E-state index contributed by atoms with van der Waals surface area (Å²) in [6.45, 7) is 2.41. The van der Waals surface area contributed by atoms with Gasteiger partial charge in [-0.25, -0.2) is 9.97 Å². The van der Waals surface area contributed by atoms with E-state index in [1.165, 1.54) is 5.56 Å². The summed E-state index contributed by atoms with van der Waals surface area (Å²) in [5.41, 5.74) is 5.35. The summed E-state index contributed by atoms with van der Waals surface area (Å²) in [5, 5.41) is 6.67. The minimum atomic E-state index is -0.181. The topological polar surface area (TPSA) is 66.9 Å². The first-order chi connectivity index (χ1) is 15.1. The normalized spacial score (nSPS) is 10.5. The molecule has 0 aliphatic rings. The fourth-order valence-electron chi connectivity index (χ4n) is 3.07. The van der Waals surface area contributed by atoms with Crippen LogP contribution in [0.1, 0.15) is 21.5 Å². The largest absolute Gasteiger partial charge is 0.348 e. The second-order valence-electron chi connectivity index (χ2n) is 7.14. The molecule has 2 N–H and O–H groups in total. The molecule has 0 spiro atoms. The molecule has 6 heteroatoms. The van der Waals surface area contributed by atoms with E-state index in [0.29, 0.717) is 23.1 Å². The van der Waals surface area contributed by atoms with Crippen molar-refractivity contribution < 1.29 is 4.79 Å². The first-order valence-corrected chi connectivity index (χ1v) is 10.2. The quantitative estimate of drug-likeness (QED) is 0.408. The molecule has 1 aromatic heterocycles. The number of benzene rings is 3. The summed E-state index contributed by atoms with van der Waals surface area (Å²) < 4.78 is 0. The fraction of sp³-hybridized carbons (Fsp3) is 0.0800. The zero-order valence-corrected chi connectivity index (χ0v) is 17.7. The Bertz CT molecular complexity index is 1190. The Labute approximate surface area is 186 Å². The van der Waals surface area contributed by atoms with Gasteiger partial charge in [0.2, 0.25) is 5.95 Å². The number of amides is 1. The molecule has 0 atom stereocenters. The van der Waals surface area contributed by atoms with Crippen molar-refractivity contribution in [3.8, 4) is 11.1 Å². The summed E-state index contributed by atoms with van der Waals surface area (Å²) in [6.07, 6.45) is 3.56. The van der Waals surface area contributed by atoms with E-state index in [1.807, 2.05) is 42.5 Å². The highest BCUT2D eigenvalue weighted by Crippen LogP contribution is 2.20. The van der Waals surface area contributed by atoms with Crippen molar-refractivity contribution in [2.75, 3.05) is 5.32 Å². The molecule has 5 nitrogen and oxygen atoms in total. The summed E-state index contributed by atoms with van der Waals surface area (Å²) in [7, 11) is 0. The molecular formula is C25H21ClN4O. The number of rotatable bonds is 6. The van der Waals surface area contributed by atoms with Crippen LogP contribution < -0.4 is 10.6 Å². The van der Waals surface area contributed by atoms with Gasteiger partial charge in [-0.2, -0.15) is 0 Å². The van der Waals surface area contributed by atoms with Crippen molar-refractivity contribution in [1.82, 2.24) is 15.3 Å². The van der Waals surface area contributed by atoms with Gasteiger partial charge in [0.05, 0.1) is 0 Å². The predicted molar refractivity (Wildman–Crippen MR) is 125 cm³/mol. The molecule has 0 unspecified atom stereocenters. The molecule has 0 bridgehead atoms. The lowest BCUT2D eigenvalue weighted by Gasteiger charge is -2.09. The lowest BCUT2D eigenvalue weighted by atomic mass is 10.1. The van der Waals surface area contributed by atoms with Crippen LogP contribution in [0.2, 0.25) is 5.02 Å². The highest BCUT2D eigenvalue weighted by molar-refractivity contribution is 6.31. The van der Waals surface area contributed by atoms with Crippen LogP contribution in [0.15, 0.2) is 85.2 Å². The Hall–Kier alpha value is -3.70. The Morgan fingerprint density at radius 2 is 1.65 bits per heavy atom. The predicted octanol–water partition coefficient (Wildman–Crippen LogP) is 5.78. The summed E-state index contributed by atoms with van der Waals surface area (Å²) in [5.74, 6) is 0.281. The number of aromatic nitrogens is 2. The molecule has 31 heavy (non-hydrogen) atoms. The van der Waals surface area contributed by atoms with Crippen LogP contribution in [0.4, 0.5) is 11.6 Å². The van der Waals surface area contributed by atoms with Crippen LogP contribution in [0.3, 0.4) is 0 Å². The van der Waals surface area contributed by atoms with E-state index >= 15 is 0 Å². The molecule has 4 aromatic rings. The van der Waals surface area contributed by atoms with Crippen molar-refractivity contribution >= 4 is 29.1 Å². The molecule has 0 fully saturated rings. The number of hydrogen-bond acceptors (Lipinski definition) is 4. The molecule has 0 aliphatic carbocycles. The first kappa shape index (κ1) is 20.6. The van der Waals surface area contributed by atoms with Gasteiger partial charge < -0.3 is 10.6 Å². The minimum absolute atomic E-state index is 0.181. The van der Waals surface area contributed by atoms with E-state index in [2.05, 4.69) is 39.7 Å². The van der Waals surface area contributed by atoms with Gasteiger partial charge in [0.15, 0.2) is 0 Å². The van der Waals surface area contributed by atoms with Gasteiger partial charge in [-0.1, -0.05) is 65.7 Å². The third-order valence-electron chi connectivity index (χ3n) is 4.81. The van der Waals surface area contributed by atoms with Crippen molar-refractivity contribution in [3.63, 3.8) is 0 Å². The summed E-state index contributed by atoms with van der Waals surface area (Å²) in [6, 6.07) is 22.9. The monoisotopic (exact) mass is 428 g/mol. The summed E-state index contributed by atoms with van der Waals surface area (Å²) in [4.78, 5) is 21.3. The number of nitrogens with one attached hydrogen (secondary N) is 2. The number of aryl methyl sites for hydroxylation is 1. The average Bonchev–Trinajstić information content (AvgIpc) is 2.80. The van der Waals surface area contributed by atoms with E-state index in [4.69, 9.17) is 11.6 Å². The van der Waals surface area contributed by atoms with E-state index in [-0.39, 0.29) is 5.91 Å². The van der Waals surface area contributed by atoms with E-state index in [0.717, 1.165) is 22.4 Å². The Morgan fingerprint density at radius 3 is 2.39 bits per heavy atom. The molecule has 1 heterocycles. The molecule has 0 radical (unpaired) electrons. The number of carbonyl (C=O) groups is 1. The maximum atomic E-state index is 12.5.